The van der Waals surface area contributed by atoms with Crippen LogP contribution in [0.2, 0.25) is 0 Å². The molecule has 1 aliphatic heterocycles. The van der Waals surface area contributed by atoms with E-state index in [0.717, 1.165) is 17.8 Å². The molecule has 0 bridgehead atoms. The molecule has 1 aromatic rings. The number of rotatable bonds is 0. The van der Waals surface area contributed by atoms with Crippen LogP contribution in [0.5, 0.6) is 0 Å². The van der Waals surface area contributed by atoms with Crippen molar-refractivity contribution in [3.63, 3.8) is 0 Å². The van der Waals surface area contributed by atoms with Gasteiger partial charge in [0.25, 0.3) is 0 Å². The SMILES string of the molecule is C1=CN=C2c3ncccc3C=CC2C1. The summed E-state index contributed by atoms with van der Waals surface area (Å²) in [5.41, 5.74) is 3.34. The molecule has 0 saturated heterocycles. The van der Waals surface area contributed by atoms with E-state index in [1.807, 2.05) is 18.5 Å². The lowest BCUT2D eigenvalue weighted by Crippen LogP contribution is -2.20. The third kappa shape index (κ3) is 1.04. The Morgan fingerprint density at radius 3 is 3.36 bits per heavy atom. The lowest BCUT2D eigenvalue weighted by molar-refractivity contribution is 0.854. The van der Waals surface area contributed by atoms with Gasteiger partial charge in [0.2, 0.25) is 0 Å². The van der Waals surface area contributed by atoms with Gasteiger partial charge in [-0.1, -0.05) is 24.3 Å². The second kappa shape index (κ2) is 2.91. The van der Waals surface area contributed by atoms with Crippen molar-refractivity contribution in [2.45, 2.75) is 6.42 Å². The summed E-state index contributed by atoms with van der Waals surface area (Å²) in [6.45, 7) is 0. The molecule has 14 heavy (non-hydrogen) atoms. The maximum Gasteiger partial charge on any atom is 0.0922 e. The zero-order valence-electron chi connectivity index (χ0n) is 7.72. The van der Waals surface area contributed by atoms with Crippen LogP contribution >= 0.6 is 0 Å². The minimum atomic E-state index is 0.433. The molecule has 3 rings (SSSR count). The lowest BCUT2D eigenvalue weighted by Gasteiger charge is -2.21. The highest BCUT2D eigenvalue weighted by molar-refractivity contribution is 6.07. The summed E-state index contributed by atoms with van der Waals surface area (Å²) in [6.07, 6.45) is 11.2. The van der Waals surface area contributed by atoms with Gasteiger partial charge in [0.05, 0.1) is 11.4 Å². The molecule has 1 unspecified atom stereocenters. The number of hydrogen-bond acceptors (Lipinski definition) is 2. The van der Waals surface area contributed by atoms with Crippen LogP contribution in [0.1, 0.15) is 17.7 Å². The van der Waals surface area contributed by atoms with Gasteiger partial charge in [0.1, 0.15) is 0 Å². The van der Waals surface area contributed by atoms with E-state index in [1.165, 1.54) is 5.56 Å². The Kier molecular flexibility index (Phi) is 1.60. The summed E-state index contributed by atoms with van der Waals surface area (Å²) in [7, 11) is 0. The largest absolute Gasteiger partial charge is 0.259 e. The molecule has 0 saturated carbocycles. The van der Waals surface area contributed by atoms with Crippen LogP contribution in [0.4, 0.5) is 0 Å². The number of fused-ring (bicyclic) bond motifs is 3. The van der Waals surface area contributed by atoms with E-state index in [-0.39, 0.29) is 0 Å². The van der Waals surface area contributed by atoms with Crippen LogP contribution in [-0.2, 0) is 0 Å². The van der Waals surface area contributed by atoms with Gasteiger partial charge in [-0.2, -0.15) is 0 Å². The minimum absolute atomic E-state index is 0.433. The van der Waals surface area contributed by atoms with E-state index >= 15 is 0 Å². The molecule has 2 aliphatic rings. The van der Waals surface area contributed by atoms with Crippen molar-refractivity contribution in [1.29, 1.82) is 0 Å². The second-order valence-electron chi connectivity index (χ2n) is 3.54. The van der Waals surface area contributed by atoms with Crippen LogP contribution in [0.3, 0.4) is 0 Å². The average molecular weight is 182 g/mol. The van der Waals surface area contributed by atoms with Crippen LogP contribution in [0, 0.1) is 5.92 Å². The zero-order valence-corrected chi connectivity index (χ0v) is 7.72. The van der Waals surface area contributed by atoms with Crippen molar-refractivity contribution in [2.24, 2.45) is 10.9 Å². The first-order valence-electron chi connectivity index (χ1n) is 4.81. The third-order valence-corrected chi connectivity index (χ3v) is 2.65. The molecule has 2 nitrogen and oxygen atoms in total. The Bertz CT molecular complexity index is 455. The normalized spacial score (nSPS) is 22.6. The topological polar surface area (TPSA) is 25.2 Å². The van der Waals surface area contributed by atoms with Crippen molar-refractivity contribution < 1.29 is 0 Å². The molecular weight excluding hydrogens is 172 g/mol. The average Bonchev–Trinajstić information content (AvgIpc) is 2.29. The highest BCUT2D eigenvalue weighted by Gasteiger charge is 2.22. The van der Waals surface area contributed by atoms with Crippen LogP contribution < -0.4 is 0 Å². The van der Waals surface area contributed by atoms with Gasteiger partial charge in [-0.25, -0.2) is 0 Å². The molecule has 2 heteroatoms. The number of nitrogens with zero attached hydrogens (tertiary/aromatic N) is 2. The smallest absolute Gasteiger partial charge is 0.0922 e. The van der Waals surface area contributed by atoms with Crippen LogP contribution in [0.15, 0.2) is 41.7 Å². The molecule has 0 radical (unpaired) electrons. The maximum absolute atomic E-state index is 4.42. The van der Waals surface area contributed by atoms with E-state index in [2.05, 4.69) is 34.3 Å². The highest BCUT2D eigenvalue weighted by Crippen LogP contribution is 2.26. The summed E-state index contributed by atoms with van der Waals surface area (Å²) in [6, 6.07) is 4.04. The fraction of sp³-hybridized carbons (Fsp3) is 0.167. The van der Waals surface area contributed by atoms with Gasteiger partial charge < -0.3 is 0 Å². The van der Waals surface area contributed by atoms with Gasteiger partial charge in [-0.15, -0.1) is 0 Å². The Balaban J connectivity index is 2.22. The first-order valence-corrected chi connectivity index (χ1v) is 4.81. The van der Waals surface area contributed by atoms with Gasteiger partial charge >= 0.3 is 0 Å². The summed E-state index contributed by atoms with van der Waals surface area (Å²) < 4.78 is 0. The molecule has 68 valence electrons. The van der Waals surface area contributed by atoms with Crippen molar-refractivity contribution in [1.82, 2.24) is 4.98 Å². The van der Waals surface area contributed by atoms with Crippen LogP contribution in [-0.4, -0.2) is 10.7 Å². The van der Waals surface area contributed by atoms with Gasteiger partial charge in [-0.3, -0.25) is 9.98 Å². The molecule has 1 aliphatic carbocycles. The van der Waals surface area contributed by atoms with Gasteiger partial charge in [-0.05, 0) is 12.5 Å². The fourth-order valence-electron chi connectivity index (χ4n) is 1.94. The second-order valence-corrected chi connectivity index (χ2v) is 3.54. The first-order chi connectivity index (χ1) is 6.95. The molecule has 1 aromatic heterocycles. The standard InChI is InChI=1S/C12H10N2/c1-3-9-5-6-10-4-2-8-14-12(10)11(9)13-7-1/h1-3,5-8,10H,4H2. The first kappa shape index (κ1) is 7.68. The highest BCUT2D eigenvalue weighted by atomic mass is 14.8. The van der Waals surface area contributed by atoms with E-state index in [9.17, 15) is 0 Å². The van der Waals surface area contributed by atoms with Crippen molar-refractivity contribution in [3.05, 3.63) is 47.9 Å². The van der Waals surface area contributed by atoms with E-state index < -0.39 is 0 Å². The molecule has 0 fully saturated rings. The van der Waals surface area contributed by atoms with Gasteiger partial charge in [0.15, 0.2) is 0 Å². The van der Waals surface area contributed by atoms with Crippen molar-refractivity contribution in [3.8, 4) is 0 Å². The Morgan fingerprint density at radius 1 is 1.36 bits per heavy atom. The summed E-state index contributed by atoms with van der Waals surface area (Å²) in [5.74, 6) is 0.433. The number of hydrogen-bond donors (Lipinski definition) is 0. The fourth-order valence-corrected chi connectivity index (χ4v) is 1.94. The van der Waals surface area contributed by atoms with Crippen molar-refractivity contribution in [2.75, 3.05) is 0 Å². The Hall–Kier alpha value is -1.70. The van der Waals surface area contributed by atoms with Crippen molar-refractivity contribution >= 4 is 11.8 Å². The molecule has 0 spiro atoms. The maximum atomic E-state index is 4.42. The number of aromatic nitrogens is 1. The summed E-state index contributed by atoms with van der Waals surface area (Å²) in [5, 5.41) is 0. The number of aliphatic imine (C=N–C) groups is 1. The third-order valence-electron chi connectivity index (χ3n) is 2.65. The summed E-state index contributed by atoms with van der Waals surface area (Å²) >= 11 is 0. The molecule has 1 atom stereocenters. The molecule has 0 N–H and O–H groups in total. The van der Waals surface area contributed by atoms with Crippen LogP contribution in [0.25, 0.3) is 6.08 Å². The zero-order chi connectivity index (χ0) is 9.38. The van der Waals surface area contributed by atoms with E-state index in [0.29, 0.717) is 5.92 Å². The monoisotopic (exact) mass is 182 g/mol. The Morgan fingerprint density at radius 2 is 2.36 bits per heavy atom. The molecular formula is C12H10N2. The van der Waals surface area contributed by atoms with E-state index in [1.54, 1.807) is 0 Å². The molecule has 0 aromatic carbocycles. The molecule has 2 heterocycles. The predicted molar refractivity (Wildman–Crippen MR) is 57.1 cm³/mol. The molecule has 0 amide bonds. The summed E-state index contributed by atoms with van der Waals surface area (Å²) in [4.78, 5) is 8.80. The number of pyridine rings is 1. The minimum Gasteiger partial charge on any atom is -0.259 e. The van der Waals surface area contributed by atoms with E-state index in [4.69, 9.17) is 0 Å². The quantitative estimate of drug-likeness (QED) is 0.605. The number of allylic oxidation sites excluding steroid dienone is 2. The Labute approximate surface area is 82.7 Å². The lowest BCUT2D eigenvalue weighted by atomic mass is 9.88. The predicted octanol–water partition coefficient (Wildman–Crippen LogP) is 2.43. The van der Waals surface area contributed by atoms with Gasteiger partial charge in [0, 0.05) is 23.9 Å².